The summed E-state index contributed by atoms with van der Waals surface area (Å²) in [5, 5.41) is 17.3. The Morgan fingerprint density at radius 2 is 2.04 bits per heavy atom. The number of H-pyrrole nitrogens is 1. The Kier molecular flexibility index (Phi) is 5.72. The summed E-state index contributed by atoms with van der Waals surface area (Å²) >= 11 is 9.71. The van der Waals surface area contributed by atoms with E-state index in [2.05, 4.69) is 41.9 Å². The van der Waals surface area contributed by atoms with E-state index >= 15 is 0 Å². The van der Waals surface area contributed by atoms with Crippen molar-refractivity contribution >= 4 is 33.5 Å². The molecule has 130 valence electrons. The normalized spacial score (nSPS) is 10.5. The van der Waals surface area contributed by atoms with Gasteiger partial charge in [0, 0.05) is 21.6 Å². The van der Waals surface area contributed by atoms with Crippen LogP contribution in [0.1, 0.15) is 11.1 Å². The molecule has 0 amide bonds. The van der Waals surface area contributed by atoms with Crippen molar-refractivity contribution in [2.24, 2.45) is 0 Å². The summed E-state index contributed by atoms with van der Waals surface area (Å²) in [5.74, 6) is 1.67. The van der Waals surface area contributed by atoms with Gasteiger partial charge in [0.25, 0.3) is 5.95 Å². The summed E-state index contributed by atoms with van der Waals surface area (Å²) in [5.41, 5.74) is 1.87. The highest BCUT2D eigenvalue weighted by Gasteiger charge is 2.12. The zero-order chi connectivity index (χ0) is 17.6. The minimum Gasteiger partial charge on any atom is -0.493 e. The number of aromatic nitrogens is 4. The van der Waals surface area contributed by atoms with Gasteiger partial charge in [-0.1, -0.05) is 50.8 Å². The molecule has 0 fully saturated rings. The Hall–Kier alpha value is -2.32. The number of ether oxygens (including phenoxy) is 2. The third kappa shape index (κ3) is 4.40. The first kappa shape index (κ1) is 17.5. The number of aromatic amines is 1. The Morgan fingerprint density at radius 1 is 1.20 bits per heavy atom. The van der Waals surface area contributed by atoms with Crippen LogP contribution in [0.4, 0.5) is 5.95 Å². The number of nitrogens with one attached hydrogen (secondary N) is 2. The van der Waals surface area contributed by atoms with Gasteiger partial charge in [-0.25, -0.2) is 0 Å². The maximum Gasteiger partial charge on any atom is 0.263 e. The van der Waals surface area contributed by atoms with Crippen molar-refractivity contribution in [3.05, 3.63) is 57.0 Å². The summed E-state index contributed by atoms with van der Waals surface area (Å²) in [7, 11) is 1.60. The minimum atomic E-state index is 0.350. The molecule has 0 unspecified atom stereocenters. The standard InChI is InChI=1S/C16H15BrClN5O2/c1-24-14-6-11(8-19-16-20-22-23-21-16)12(17)7-15(14)25-9-10-4-2-3-5-13(10)18/h2-7H,8-9H2,1H3,(H2,19,20,21,22,23). The van der Waals surface area contributed by atoms with Gasteiger partial charge in [0.2, 0.25) is 0 Å². The second-order valence-corrected chi connectivity index (χ2v) is 6.33. The number of hydrogen-bond acceptors (Lipinski definition) is 6. The van der Waals surface area contributed by atoms with E-state index in [0.717, 1.165) is 15.6 Å². The maximum absolute atomic E-state index is 6.16. The molecule has 25 heavy (non-hydrogen) atoms. The Labute approximate surface area is 157 Å². The molecular weight excluding hydrogens is 410 g/mol. The van der Waals surface area contributed by atoms with Crippen molar-refractivity contribution in [1.82, 2.24) is 20.6 Å². The monoisotopic (exact) mass is 423 g/mol. The number of methoxy groups -OCH3 is 1. The van der Waals surface area contributed by atoms with E-state index in [1.807, 2.05) is 36.4 Å². The lowest BCUT2D eigenvalue weighted by Gasteiger charge is -2.14. The smallest absolute Gasteiger partial charge is 0.263 e. The Morgan fingerprint density at radius 3 is 2.76 bits per heavy atom. The van der Waals surface area contributed by atoms with Gasteiger partial charge in [-0.3, -0.25) is 0 Å². The number of rotatable bonds is 7. The summed E-state index contributed by atoms with van der Waals surface area (Å²) in [6, 6.07) is 11.3. The van der Waals surface area contributed by atoms with Crippen LogP contribution >= 0.6 is 27.5 Å². The number of anilines is 1. The zero-order valence-electron chi connectivity index (χ0n) is 13.3. The molecule has 0 saturated carbocycles. The van der Waals surface area contributed by atoms with E-state index in [0.29, 0.717) is 35.6 Å². The highest BCUT2D eigenvalue weighted by molar-refractivity contribution is 9.10. The van der Waals surface area contributed by atoms with Crippen molar-refractivity contribution in [2.45, 2.75) is 13.2 Å². The number of nitrogens with zero attached hydrogens (tertiary/aromatic N) is 3. The summed E-state index contributed by atoms with van der Waals surface area (Å²) in [6.45, 7) is 0.851. The second kappa shape index (κ2) is 8.17. The molecular formula is C16H15BrClN5O2. The lowest BCUT2D eigenvalue weighted by atomic mass is 10.2. The molecule has 7 nitrogen and oxygen atoms in total. The molecule has 0 aliphatic carbocycles. The average Bonchev–Trinajstić information content (AvgIpc) is 3.13. The van der Waals surface area contributed by atoms with Crippen LogP contribution < -0.4 is 14.8 Å². The van der Waals surface area contributed by atoms with E-state index in [4.69, 9.17) is 21.1 Å². The molecule has 0 aliphatic rings. The molecule has 2 N–H and O–H groups in total. The third-order valence-corrected chi connectivity index (χ3v) is 4.56. The molecule has 9 heteroatoms. The van der Waals surface area contributed by atoms with E-state index in [-0.39, 0.29) is 0 Å². The number of halogens is 2. The topological polar surface area (TPSA) is 85.0 Å². The van der Waals surface area contributed by atoms with Crippen LogP contribution in [0.5, 0.6) is 11.5 Å². The van der Waals surface area contributed by atoms with Crippen molar-refractivity contribution in [3.63, 3.8) is 0 Å². The van der Waals surface area contributed by atoms with E-state index in [1.165, 1.54) is 0 Å². The average molecular weight is 425 g/mol. The van der Waals surface area contributed by atoms with Gasteiger partial charge >= 0.3 is 0 Å². The predicted molar refractivity (Wildman–Crippen MR) is 98.0 cm³/mol. The Balaban J connectivity index is 1.73. The minimum absolute atomic E-state index is 0.350. The molecule has 0 bridgehead atoms. The van der Waals surface area contributed by atoms with Gasteiger partial charge in [-0.15, -0.1) is 5.10 Å². The Bertz CT molecular complexity index is 845. The number of tetrazole rings is 1. The number of benzene rings is 2. The van der Waals surface area contributed by atoms with E-state index in [1.54, 1.807) is 7.11 Å². The van der Waals surface area contributed by atoms with Gasteiger partial charge in [-0.05, 0) is 29.0 Å². The van der Waals surface area contributed by atoms with Crippen LogP contribution in [0.25, 0.3) is 0 Å². The summed E-state index contributed by atoms with van der Waals surface area (Å²) in [6.07, 6.45) is 0. The first-order chi connectivity index (χ1) is 12.2. The summed E-state index contributed by atoms with van der Waals surface area (Å²) < 4.78 is 12.2. The van der Waals surface area contributed by atoms with Gasteiger partial charge in [0.05, 0.1) is 7.11 Å². The van der Waals surface area contributed by atoms with Gasteiger partial charge in [0.1, 0.15) is 6.61 Å². The second-order valence-electron chi connectivity index (χ2n) is 5.06. The lowest BCUT2D eigenvalue weighted by molar-refractivity contribution is 0.284. The SMILES string of the molecule is COc1cc(CNc2nn[nH]n2)c(Br)cc1OCc1ccccc1Cl. The lowest BCUT2D eigenvalue weighted by Crippen LogP contribution is -2.04. The van der Waals surface area contributed by atoms with E-state index in [9.17, 15) is 0 Å². The van der Waals surface area contributed by atoms with Crippen LogP contribution in [-0.4, -0.2) is 27.7 Å². The molecule has 0 spiro atoms. The van der Waals surface area contributed by atoms with Crippen molar-refractivity contribution in [3.8, 4) is 11.5 Å². The first-order valence-electron chi connectivity index (χ1n) is 7.37. The van der Waals surface area contributed by atoms with Crippen molar-refractivity contribution in [2.75, 3.05) is 12.4 Å². The highest BCUT2D eigenvalue weighted by Crippen LogP contribution is 2.34. The molecule has 0 aliphatic heterocycles. The molecule has 2 aromatic carbocycles. The summed E-state index contributed by atoms with van der Waals surface area (Å²) in [4.78, 5) is 0. The van der Waals surface area contributed by atoms with Crippen LogP contribution in [0.3, 0.4) is 0 Å². The molecule has 1 aromatic heterocycles. The predicted octanol–water partition coefficient (Wildman–Crippen LogP) is 3.82. The molecule has 0 saturated heterocycles. The van der Waals surface area contributed by atoms with Gasteiger partial charge in [0.15, 0.2) is 11.5 Å². The maximum atomic E-state index is 6.16. The quantitative estimate of drug-likeness (QED) is 0.600. The van der Waals surface area contributed by atoms with Gasteiger partial charge < -0.3 is 14.8 Å². The van der Waals surface area contributed by atoms with Crippen LogP contribution in [-0.2, 0) is 13.2 Å². The molecule has 3 rings (SSSR count). The third-order valence-electron chi connectivity index (χ3n) is 3.46. The fourth-order valence-electron chi connectivity index (χ4n) is 2.17. The first-order valence-corrected chi connectivity index (χ1v) is 8.54. The van der Waals surface area contributed by atoms with Gasteiger partial charge in [-0.2, -0.15) is 5.21 Å². The fraction of sp³-hybridized carbons (Fsp3) is 0.188. The largest absolute Gasteiger partial charge is 0.493 e. The van der Waals surface area contributed by atoms with Crippen LogP contribution in [0.2, 0.25) is 5.02 Å². The van der Waals surface area contributed by atoms with Crippen LogP contribution in [0, 0.1) is 0 Å². The molecule has 0 atom stereocenters. The molecule has 1 heterocycles. The number of hydrogen-bond donors (Lipinski definition) is 2. The van der Waals surface area contributed by atoms with Crippen molar-refractivity contribution < 1.29 is 9.47 Å². The zero-order valence-corrected chi connectivity index (χ0v) is 15.6. The highest BCUT2D eigenvalue weighted by atomic mass is 79.9. The molecule has 0 radical (unpaired) electrons. The molecule has 3 aromatic rings. The van der Waals surface area contributed by atoms with Crippen molar-refractivity contribution in [1.29, 1.82) is 0 Å². The fourth-order valence-corrected chi connectivity index (χ4v) is 2.82. The van der Waals surface area contributed by atoms with Crippen LogP contribution in [0.15, 0.2) is 40.9 Å². The van der Waals surface area contributed by atoms with E-state index < -0.39 is 0 Å².